The zero-order valence-corrected chi connectivity index (χ0v) is 12.0. The lowest BCUT2D eigenvalue weighted by atomic mass is 10.3. The van der Waals surface area contributed by atoms with Crippen LogP contribution in [0.15, 0.2) is 29.2 Å². The summed E-state index contributed by atoms with van der Waals surface area (Å²) in [7, 11) is -3.53. The number of carbonyl (C=O) groups is 1. The van der Waals surface area contributed by atoms with Crippen molar-refractivity contribution in [3.8, 4) is 0 Å². The minimum atomic E-state index is -3.53. The van der Waals surface area contributed by atoms with Gasteiger partial charge in [-0.15, -0.1) is 0 Å². The number of carboxylic acids is 1. The number of rotatable bonds is 7. The number of carboxylic acid groups (broad SMARTS) is 1. The van der Waals surface area contributed by atoms with Crippen molar-refractivity contribution < 1.29 is 18.3 Å². The fourth-order valence-corrected chi connectivity index (χ4v) is 3.39. The Kier molecular flexibility index (Phi) is 5.50. The maximum Gasteiger partial charge on any atom is 0.335 e. The van der Waals surface area contributed by atoms with E-state index in [1.165, 1.54) is 28.6 Å². The van der Waals surface area contributed by atoms with Gasteiger partial charge < -0.3 is 5.11 Å². The summed E-state index contributed by atoms with van der Waals surface area (Å²) in [6.45, 7) is 4.78. The molecule has 0 aliphatic heterocycles. The maximum atomic E-state index is 12.4. The molecule has 0 saturated carbocycles. The molecule has 0 aliphatic rings. The van der Waals surface area contributed by atoms with Crippen LogP contribution < -0.4 is 0 Å². The Morgan fingerprint density at radius 2 is 1.58 bits per heavy atom. The van der Waals surface area contributed by atoms with Crippen LogP contribution in [-0.2, 0) is 10.0 Å². The van der Waals surface area contributed by atoms with Gasteiger partial charge in [0.1, 0.15) is 0 Å². The van der Waals surface area contributed by atoms with Gasteiger partial charge in [0.15, 0.2) is 0 Å². The lowest BCUT2D eigenvalue weighted by Crippen LogP contribution is -2.32. The van der Waals surface area contributed by atoms with Gasteiger partial charge in [0.2, 0.25) is 10.0 Å². The van der Waals surface area contributed by atoms with Crippen LogP contribution >= 0.6 is 0 Å². The monoisotopic (exact) mass is 287 g/mol. The largest absolute Gasteiger partial charge is 0.478 e. The van der Waals surface area contributed by atoms with Crippen molar-refractivity contribution in [2.45, 2.75) is 31.6 Å². The van der Waals surface area contributed by atoms with Crippen LogP contribution in [0.3, 0.4) is 0 Å². The molecule has 5 nitrogen and oxygen atoms in total. The predicted molar refractivity (Wildman–Crippen MR) is 72.7 cm³/mol. The summed E-state index contributed by atoms with van der Waals surface area (Å²) >= 11 is 0. The first-order valence-electron chi connectivity index (χ1n) is 6.27. The zero-order chi connectivity index (χ0) is 14.5. The van der Waals surface area contributed by atoms with E-state index in [1.54, 1.807) is 0 Å². The molecule has 19 heavy (non-hydrogen) atoms. The molecule has 0 amide bonds. The van der Waals surface area contributed by atoms with Crippen LogP contribution in [0.25, 0.3) is 0 Å². The number of sulfonamides is 1. The summed E-state index contributed by atoms with van der Waals surface area (Å²) in [4.78, 5) is 10.9. The van der Waals surface area contributed by atoms with Gasteiger partial charge in [0.05, 0.1) is 10.5 Å². The summed E-state index contributed by atoms with van der Waals surface area (Å²) < 4.78 is 26.2. The van der Waals surface area contributed by atoms with Gasteiger partial charge in [-0.3, -0.25) is 0 Å². The standard InChI is InChI=1S/C13H19NO4S/c1-3-9-14(10-4-2)19(17,18)12-7-5-11(6-8-12)13(15)16/h5-8H,3-4,9-10H2,1-2H3,(H,15,16)/i13+2. The van der Waals surface area contributed by atoms with Crippen molar-refractivity contribution in [1.29, 1.82) is 0 Å². The van der Waals surface area contributed by atoms with Crippen LogP contribution in [0.2, 0.25) is 0 Å². The molecule has 6 heteroatoms. The second-order valence-corrected chi connectivity index (χ2v) is 6.17. The molecule has 0 fully saturated rings. The maximum absolute atomic E-state index is 12.4. The topological polar surface area (TPSA) is 74.7 Å². The third-order valence-corrected chi connectivity index (χ3v) is 4.60. The first kappa shape index (κ1) is 15.7. The van der Waals surface area contributed by atoms with E-state index in [1.807, 2.05) is 13.8 Å². The smallest absolute Gasteiger partial charge is 0.335 e. The van der Waals surface area contributed by atoms with E-state index in [4.69, 9.17) is 5.11 Å². The highest BCUT2D eigenvalue weighted by Gasteiger charge is 2.23. The first-order chi connectivity index (χ1) is 8.93. The van der Waals surface area contributed by atoms with Crippen molar-refractivity contribution >= 4 is 16.0 Å². The predicted octanol–water partition coefficient (Wildman–Crippen LogP) is 2.20. The van der Waals surface area contributed by atoms with Gasteiger partial charge in [0.25, 0.3) is 0 Å². The van der Waals surface area contributed by atoms with E-state index in [2.05, 4.69) is 0 Å². The van der Waals surface area contributed by atoms with Crippen LogP contribution in [0.4, 0.5) is 0 Å². The highest BCUT2D eigenvalue weighted by atomic mass is 32.2. The molecule has 1 aromatic carbocycles. The Labute approximate surface area is 113 Å². The van der Waals surface area contributed by atoms with Crippen molar-refractivity contribution in [3.05, 3.63) is 29.8 Å². The minimum absolute atomic E-state index is 0.0801. The second-order valence-electron chi connectivity index (χ2n) is 4.23. The van der Waals surface area contributed by atoms with E-state index in [-0.39, 0.29) is 10.5 Å². The lowest BCUT2D eigenvalue weighted by Gasteiger charge is -2.20. The van der Waals surface area contributed by atoms with Gasteiger partial charge in [-0.25, -0.2) is 13.2 Å². The number of hydrogen-bond acceptors (Lipinski definition) is 3. The average Bonchev–Trinajstić information content (AvgIpc) is 2.38. The van der Waals surface area contributed by atoms with Crippen molar-refractivity contribution in [2.75, 3.05) is 13.1 Å². The Morgan fingerprint density at radius 1 is 1.11 bits per heavy atom. The third kappa shape index (κ3) is 3.78. The quantitative estimate of drug-likeness (QED) is 0.834. The van der Waals surface area contributed by atoms with Crippen molar-refractivity contribution in [1.82, 2.24) is 4.31 Å². The van der Waals surface area contributed by atoms with E-state index in [0.29, 0.717) is 13.1 Å². The molecule has 0 aliphatic carbocycles. The Morgan fingerprint density at radius 3 is 1.95 bits per heavy atom. The second kappa shape index (κ2) is 6.68. The van der Waals surface area contributed by atoms with E-state index in [9.17, 15) is 13.2 Å². The van der Waals surface area contributed by atoms with Gasteiger partial charge >= 0.3 is 5.97 Å². The highest BCUT2D eigenvalue weighted by Crippen LogP contribution is 2.17. The van der Waals surface area contributed by atoms with E-state index >= 15 is 0 Å². The van der Waals surface area contributed by atoms with Crippen molar-refractivity contribution in [3.63, 3.8) is 0 Å². The molecule has 0 unspecified atom stereocenters. The molecular weight excluding hydrogens is 268 g/mol. The molecule has 0 atom stereocenters. The zero-order valence-electron chi connectivity index (χ0n) is 11.2. The van der Waals surface area contributed by atoms with E-state index in [0.717, 1.165) is 12.8 Å². The Bertz CT molecular complexity index is 516. The summed E-state index contributed by atoms with van der Waals surface area (Å²) in [6.07, 6.45) is 1.48. The van der Waals surface area contributed by atoms with Gasteiger partial charge in [-0.05, 0) is 37.1 Å². The summed E-state index contributed by atoms with van der Waals surface area (Å²) in [5.74, 6) is -1.07. The molecular formula is C13H19NO4S. The van der Waals surface area contributed by atoms with Gasteiger partial charge in [-0.2, -0.15) is 4.31 Å². The lowest BCUT2D eigenvalue weighted by molar-refractivity contribution is 0.0696. The molecule has 0 saturated heterocycles. The number of aromatic carboxylic acids is 1. The van der Waals surface area contributed by atoms with Crippen LogP contribution in [0.1, 0.15) is 37.0 Å². The summed E-state index contributed by atoms with van der Waals surface area (Å²) in [5.41, 5.74) is 0.0801. The number of benzene rings is 1. The Hall–Kier alpha value is -1.40. The van der Waals surface area contributed by atoms with Gasteiger partial charge in [-0.1, -0.05) is 13.8 Å². The number of nitrogens with zero attached hydrogens (tertiary/aromatic N) is 1. The van der Waals surface area contributed by atoms with E-state index < -0.39 is 16.0 Å². The normalized spacial score (nSPS) is 11.7. The third-order valence-electron chi connectivity index (χ3n) is 2.69. The molecule has 0 bridgehead atoms. The van der Waals surface area contributed by atoms with Gasteiger partial charge in [0, 0.05) is 13.1 Å². The molecule has 0 heterocycles. The fourth-order valence-electron chi connectivity index (χ4n) is 1.77. The molecule has 0 radical (unpaired) electrons. The van der Waals surface area contributed by atoms with Crippen LogP contribution in [-0.4, -0.2) is 36.9 Å². The summed E-state index contributed by atoms with van der Waals surface area (Å²) in [5, 5.41) is 8.80. The SMILES string of the molecule is CCCN(CCC)S(=O)(=O)c1ccc([14C](=O)O)cc1. The summed E-state index contributed by atoms with van der Waals surface area (Å²) in [6, 6.07) is 5.31. The van der Waals surface area contributed by atoms with Crippen LogP contribution in [0.5, 0.6) is 0 Å². The Balaban J connectivity index is 3.07. The fraction of sp³-hybridized carbons (Fsp3) is 0.462. The molecule has 0 aromatic heterocycles. The minimum Gasteiger partial charge on any atom is -0.478 e. The highest BCUT2D eigenvalue weighted by molar-refractivity contribution is 7.89. The molecule has 0 spiro atoms. The first-order valence-corrected chi connectivity index (χ1v) is 7.71. The molecule has 106 valence electrons. The van der Waals surface area contributed by atoms with Crippen LogP contribution in [0, 0.1) is 0 Å². The molecule has 1 rings (SSSR count). The average molecular weight is 287 g/mol. The molecule has 1 aromatic rings. The van der Waals surface area contributed by atoms with Crippen molar-refractivity contribution in [2.24, 2.45) is 0 Å². The molecule has 1 N–H and O–H groups in total. The number of hydrogen-bond donors (Lipinski definition) is 1.